The van der Waals surface area contributed by atoms with Gasteiger partial charge in [-0.1, -0.05) is 12.1 Å². The molecule has 0 aliphatic carbocycles. The van der Waals surface area contributed by atoms with Gasteiger partial charge in [-0.15, -0.1) is 0 Å². The van der Waals surface area contributed by atoms with Crippen LogP contribution in [-0.4, -0.2) is 24.5 Å². The summed E-state index contributed by atoms with van der Waals surface area (Å²) in [4.78, 5) is 10.7. The molecule has 0 saturated heterocycles. The minimum absolute atomic E-state index is 0.291. The Morgan fingerprint density at radius 1 is 1.38 bits per heavy atom. The quantitative estimate of drug-likeness (QED) is 0.713. The normalized spacial score (nSPS) is 10.1. The minimum Gasteiger partial charge on any atom is -0.385 e. The van der Waals surface area contributed by atoms with Gasteiger partial charge in [0.2, 0.25) is 5.91 Å². The molecular formula is C12H18N2OS. The molecule has 3 N–H and O–H groups in total. The largest absolute Gasteiger partial charge is 0.385 e. The molecule has 0 fully saturated rings. The number of benzene rings is 1. The fourth-order valence-electron chi connectivity index (χ4n) is 1.39. The van der Waals surface area contributed by atoms with Crippen molar-refractivity contribution in [2.75, 3.05) is 23.9 Å². The Bertz CT molecular complexity index is 324. The smallest absolute Gasteiger partial charge is 0.221 e. The molecule has 1 aromatic rings. The maximum atomic E-state index is 10.7. The van der Waals surface area contributed by atoms with E-state index in [-0.39, 0.29) is 5.91 Å². The fourth-order valence-corrected chi connectivity index (χ4v) is 1.82. The number of nitrogens with two attached hydrogens (primary N) is 1. The Balaban J connectivity index is 2.36. The second-order valence-electron chi connectivity index (χ2n) is 3.61. The molecule has 1 amide bonds. The maximum Gasteiger partial charge on any atom is 0.221 e. The number of hydrogen-bond donors (Lipinski definition) is 2. The standard InChI is InChI=1S/C12H18N2OS/c1-16-8-2-7-14-11-5-3-10(4-6-11)9-12(13)15/h3-6,14H,2,7-9H2,1H3,(H2,13,15). The van der Waals surface area contributed by atoms with E-state index in [1.165, 1.54) is 5.75 Å². The Hall–Kier alpha value is -1.16. The van der Waals surface area contributed by atoms with Crippen LogP contribution in [0.2, 0.25) is 0 Å². The number of rotatable bonds is 7. The van der Waals surface area contributed by atoms with Crippen LogP contribution in [-0.2, 0) is 11.2 Å². The van der Waals surface area contributed by atoms with Crippen molar-refractivity contribution in [1.82, 2.24) is 0 Å². The number of carbonyl (C=O) groups excluding carboxylic acids is 1. The number of amides is 1. The van der Waals surface area contributed by atoms with Gasteiger partial charge in [-0.05, 0) is 36.1 Å². The summed E-state index contributed by atoms with van der Waals surface area (Å²) < 4.78 is 0. The molecule has 0 atom stereocenters. The van der Waals surface area contributed by atoms with Crippen molar-refractivity contribution >= 4 is 23.4 Å². The third-order valence-electron chi connectivity index (χ3n) is 2.19. The predicted molar refractivity (Wildman–Crippen MR) is 70.8 cm³/mol. The van der Waals surface area contributed by atoms with Gasteiger partial charge in [0.25, 0.3) is 0 Å². The van der Waals surface area contributed by atoms with Crippen LogP contribution in [0.1, 0.15) is 12.0 Å². The lowest BCUT2D eigenvalue weighted by molar-refractivity contribution is -0.117. The zero-order valence-electron chi connectivity index (χ0n) is 9.53. The first-order valence-corrected chi connectivity index (χ1v) is 6.72. The van der Waals surface area contributed by atoms with Crippen LogP contribution in [0, 0.1) is 0 Å². The molecule has 0 bridgehead atoms. The molecule has 3 nitrogen and oxygen atoms in total. The van der Waals surface area contributed by atoms with E-state index in [4.69, 9.17) is 5.73 Å². The molecule has 0 saturated carbocycles. The van der Waals surface area contributed by atoms with Crippen molar-refractivity contribution in [3.05, 3.63) is 29.8 Å². The molecule has 1 rings (SSSR count). The van der Waals surface area contributed by atoms with Crippen LogP contribution in [0.5, 0.6) is 0 Å². The number of hydrogen-bond acceptors (Lipinski definition) is 3. The van der Waals surface area contributed by atoms with Gasteiger partial charge in [0.1, 0.15) is 0 Å². The predicted octanol–water partition coefficient (Wildman–Crippen LogP) is 1.88. The van der Waals surface area contributed by atoms with E-state index < -0.39 is 0 Å². The van der Waals surface area contributed by atoms with E-state index in [1.807, 2.05) is 36.0 Å². The van der Waals surface area contributed by atoms with Crippen molar-refractivity contribution < 1.29 is 4.79 Å². The Morgan fingerprint density at radius 2 is 2.06 bits per heavy atom. The first-order chi connectivity index (χ1) is 7.72. The van der Waals surface area contributed by atoms with E-state index in [0.29, 0.717) is 6.42 Å². The fraction of sp³-hybridized carbons (Fsp3) is 0.417. The lowest BCUT2D eigenvalue weighted by atomic mass is 10.1. The van der Waals surface area contributed by atoms with E-state index in [9.17, 15) is 4.79 Å². The molecule has 0 heterocycles. The van der Waals surface area contributed by atoms with Crippen LogP contribution < -0.4 is 11.1 Å². The first kappa shape index (κ1) is 12.9. The van der Waals surface area contributed by atoms with Crippen molar-refractivity contribution in [2.45, 2.75) is 12.8 Å². The van der Waals surface area contributed by atoms with Crippen LogP contribution in [0.3, 0.4) is 0 Å². The second-order valence-corrected chi connectivity index (χ2v) is 4.60. The average molecular weight is 238 g/mol. The molecule has 0 aromatic heterocycles. The van der Waals surface area contributed by atoms with Crippen LogP contribution in [0.4, 0.5) is 5.69 Å². The molecule has 0 spiro atoms. The Labute approximate surface area is 101 Å². The van der Waals surface area contributed by atoms with Gasteiger partial charge in [-0.2, -0.15) is 11.8 Å². The number of nitrogens with one attached hydrogen (secondary N) is 1. The van der Waals surface area contributed by atoms with Gasteiger partial charge < -0.3 is 11.1 Å². The summed E-state index contributed by atoms with van der Waals surface area (Å²) in [5.41, 5.74) is 7.17. The van der Waals surface area contributed by atoms with Crippen molar-refractivity contribution in [3.8, 4) is 0 Å². The minimum atomic E-state index is -0.291. The average Bonchev–Trinajstić information content (AvgIpc) is 2.26. The lowest BCUT2D eigenvalue weighted by Gasteiger charge is -2.06. The lowest BCUT2D eigenvalue weighted by Crippen LogP contribution is -2.13. The summed E-state index contributed by atoms with van der Waals surface area (Å²) in [7, 11) is 0. The highest BCUT2D eigenvalue weighted by Gasteiger charge is 1.98. The highest BCUT2D eigenvalue weighted by Crippen LogP contribution is 2.10. The summed E-state index contributed by atoms with van der Waals surface area (Å²) >= 11 is 1.85. The first-order valence-electron chi connectivity index (χ1n) is 5.32. The second kappa shape index (κ2) is 7.17. The zero-order valence-corrected chi connectivity index (χ0v) is 10.3. The third kappa shape index (κ3) is 5.07. The molecule has 0 aliphatic heterocycles. The molecule has 0 unspecified atom stereocenters. The topological polar surface area (TPSA) is 55.1 Å². The monoisotopic (exact) mass is 238 g/mol. The number of carbonyl (C=O) groups is 1. The van der Waals surface area contributed by atoms with Gasteiger partial charge in [-0.3, -0.25) is 4.79 Å². The molecule has 16 heavy (non-hydrogen) atoms. The molecule has 88 valence electrons. The molecule has 4 heteroatoms. The highest BCUT2D eigenvalue weighted by molar-refractivity contribution is 7.98. The van der Waals surface area contributed by atoms with Crippen LogP contribution >= 0.6 is 11.8 Å². The van der Waals surface area contributed by atoms with Gasteiger partial charge >= 0.3 is 0 Å². The van der Waals surface area contributed by atoms with Crippen molar-refractivity contribution in [3.63, 3.8) is 0 Å². The Morgan fingerprint density at radius 3 is 2.62 bits per heavy atom. The summed E-state index contributed by atoms with van der Waals surface area (Å²) in [5.74, 6) is 0.882. The number of thioether (sulfide) groups is 1. The van der Waals surface area contributed by atoms with E-state index in [0.717, 1.165) is 24.2 Å². The summed E-state index contributed by atoms with van der Waals surface area (Å²) in [6, 6.07) is 7.83. The van der Waals surface area contributed by atoms with E-state index >= 15 is 0 Å². The van der Waals surface area contributed by atoms with Gasteiger partial charge in [0.05, 0.1) is 6.42 Å². The molecule has 0 aliphatic rings. The zero-order chi connectivity index (χ0) is 11.8. The van der Waals surface area contributed by atoms with Crippen LogP contribution in [0.25, 0.3) is 0 Å². The van der Waals surface area contributed by atoms with E-state index in [2.05, 4.69) is 11.6 Å². The number of primary amides is 1. The van der Waals surface area contributed by atoms with Crippen molar-refractivity contribution in [2.24, 2.45) is 5.73 Å². The SMILES string of the molecule is CSCCCNc1ccc(CC(N)=O)cc1. The Kier molecular flexibility index (Phi) is 5.78. The third-order valence-corrected chi connectivity index (χ3v) is 2.88. The maximum absolute atomic E-state index is 10.7. The molecule has 1 aromatic carbocycles. The molecule has 0 radical (unpaired) electrons. The highest BCUT2D eigenvalue weighted by atomic mass is 32.2. The summed E-state index contributed by atoms with van der Waals surface area (Å²) in [6.07, 6.45) is 3.58. The summed E-state index contributed by atoms with van der Waals surface area (Å²) in [6.45, 7) is 0.982. The molecular weight excluding hydrogens is 220 g/mol. The van der Waals surface area contributed by atoms with Gasteiger partial charge in [-0.25, -0.2) is 0 Å². The van der Waals surface area contributed by atoms with Crippen molar-refractivity contribution in [1.29, 1.82) is 0 Å². The van der Waals surface area contributed by atoms with Gasteiger partial charge in [0.15, 0.2) is 0 Å². The summed E-state index contributed by atoms with van der Waals surface area (Å²) in [5, 5.41) is 3.33. The van der Waals surface area contributed by atoms with Gasteiger partial charge in [0, 0.05) is 12.2 Å². The van der Waals surface area contributed by atoms with E-state index in [1.54, 1.807) is 0 Å². The number of anilines is 1. The van der Waals surface area contributed by atoms with Crippen LogP contribution in [0.15, 0.2) is 24.3 Å².